The van der Waals surface area contributed by atoms with Crippen LogP contribution in [0.5, 0.6) is 0 Å². The Morgan fingerprint density at radius 2 is 1.33 bits per heavy atom. The highest BCUT2D eigenvalue weighted by atomic mass is 31.2. The zero-order chi connectivity index (χ0) is 31.9. The molecular weight excluding hydrogens is 569 g/mol. The smallest absolute Gasteiger partial charge is 0.463 e. The van der Waals surface area contributed by atoms with Crippen molar-refractivity contribution in [3.05, 3.63) is 36.5 Å². The van der Waals surface area contributed by atoms with Gasteiger partial charge in [0, 0.05) is 19.4 Å². The number of carbonyl (C=O) groups is 2. The van der Waals surface area contributed by atoms with Gasteiger partial charge in [-0.1, -0.05) is 108 Å². The summed E-state index contributed by atoms with van der Waals surface area (Å²) in [5, 5.41) is 12.6. The van der Waals surface area contributed by atoms with E-state index in [4.69, 9.17) is 13.8 Å². The summed E-state index contributed by atoms with van der Waals surface area (Å²) in [6.07, 6.45) is 29.4. The maximum absolute atomic E-state index is 12.0. The summed E-state index contributed by atoms with van der Waals surface area (Å²) in [6.45, 7) is 3.35. The molecule has 3 N–H and O–H groups in total. The maximum atomic E-state index is 12.0. The summed E-state index contributed by atoms with van der Waals surface area (Å²) in [6, 6.07) is 0. The monoisotopic (exact) mass is 629 g/mol. The Kier molecular flexibility index (Phi) is 29.0. The van der Waals surface area contributed by atoms with Crippen LogP contribution in [0.2, 0.25) is 0 Å². The van der Waals surface area contributed by atoms with Crippen molar-refractivity contribution in [3.63, 3.8) is 0 Å². The summed E-state index contributed by atoms with van der Waals surface area (Å²) >= 11 is 0. The van der Waals surface area contributed by atoms with Crippen LogP contribution in [-0.2, 0) is 27.9 Å². The largest absolute Gasteiger partial charge is 0.472 e. The van der Waals surface area contributed by atoms with Crippen LogP contribution >= 0.6 is 7.82 Å². The number of carbonyl (C=O) groups excluding carboxylic acids is 2. The second-order valence-electron chi connectivity index (χ2n) is 10.8. The Bertz CT molecular complexity index is 815. The number of amides is 1. The van der Waals surface area contributed by atoms with E-state index in [1.165, 1.54) is 38.5 Å². The zero-order valence-electron chi connectivity index (χ0n) is 26.9. The number of rotatable bonds is 30. The highest BCUT2D eigenvalue weighted by Gasteiger charge is 2.23. The predicted octanol–water partition coefficient (Wildman–Crippen LogP) is 7.87. The van der Waals surface area contributed by atoms with E-state index in [0.29, 0.717) is 12.8 Å². The second-order valence-corrected chi connectivity index (χ2v) is 12.2. The van der Waals surface area contributed by atoms with Crippen molar-refractivity contribution in [2.24, 2.45) is 0 Å². The Morgan fingerprint density at radius 3 is 2.00 bits per heavy atom. The number of allylic oxidation sites excluding steroid dienone is 6. The number of hydrogen-bond donors (Lipinski definition) is 3. The summed E-state index contributed by atoms with van der Waals surface area (Å²) in [5.74, 6) is -0.553. The van der Waals surface area contributed by atoms with Crippen molar-refractivity contribution in [1.82, 2.24) is 5.32 Å². The van der Waals surface area contributed by atoms with Crippen LogP contribution in [0, 0.1) is 0 Å². The van der Waals surface area contributed by atoms with E-state index in [2.05, 4.69) is 55.6 Å². The lowest BCUT2D eigenvalue weighted by molar-refractivity contribution is -0.147. The first-order valence-corrected chi connectivity index (χ1v) is 18.0. The molecule has 0 heterocycles. The van der Waals surface area contributed by atoms with E-state index in [-0.39, 0.29) is 32.1 Å². The first-order chi connectivity index (χ1) is 20.8. The van der Waals surface area contributed by atoms with Gasteiger partial charge in [-0.05, 0) is 44.9 Å². The van der Waals surface area contributed by atoms with Crippen molar-refractivity contribution >= 4 is 19.7 Å². The van der Waals surface area contributed by atoms with E-state index in [9.17, 15) is 24.2 Å². The fraction of sp³-hybridized carbons (Fsp3) is 0.758. The van der Waals surface area contributed by atoms with Crippen LogP contribution in [-0.4, -0.2) is 54.3 Å². The highest BCUT2D eigenvalue weighted by Crippen LogP contribution is 2.42. The lowest BCUT2D eigenvalue weighted by Gasteiger charge is -2.15. The minimum atomic E-state index is -4.41. The van der Waals surface area contributed by atoms with Gasteiger partial charge in [0.15, 0.2) is 0 Å². The molecule has 0 saturated carbocycles. The second kappa shape index (κ2) is 30.3. The number of esters is 1. The molecule has 1 amide bonds. The molecular formula is C33H60NO8P. The molecule has 0 bridgehead atoms. The van der Waals surface area contributed by atoms with Gasteiger partial charge < -0.3 is 20.1 Å². The van der Waals surface area contributed by atoms with E-state index in [1.54, 1.807) is 0 Å². The van der Waals surface area contributed by atoms with E-state index in [1.807, 2.05) is 0 Å². The van der Waals surface area contributed by atoms with Crippen LogP contribution in [0.25, 0.3) is 0 Å². The van der Waals surface area contributed by atoms with Crippen LogP contribution in [0.15, 0.2) is 36.5 Å². The topological polar surface area (TPSA) is 131 Å². The van der Waals surface area contributed by atoms with Gasteiger partial charge in [-0.25, -0.2) is 4.57 Å². The molecule has 0 rings (SSSR count). The van der Waals surface area contributed by atoms with Gasteiger partial charge in [0.2, 0.25) is 5.91 Å². The molecule has 0 aliphatic heterocycles. The minimum absolute atomic E-state index is 0.0785. The van der Waals surface area contributed by atoms with Gasteiger partial charge in [0.25, 0.3) is 0 Å². The Morgan fingerprint density at radius 1 is 0.744 bits per heavy atom. The molecule has 0 aromatic carbocycles. The van der Waals surface area contributed by atoms with E-state index < -0.39 is 26.5 Å². The highest BCUT2D eigenvalue weighted by molar-refractivity contribution is 7.47. The molecule has 10 heteroatoms. The summed E-state index contributed by atoms with van der Waals surface area (Å²) in [7, 11) is -4.41. The molecule has 0 spiro atoms. The molecule has 2 atom stereocenters. The molecule has 0 aromatic heterocycles. The number of phosphoric ester groups is 1. The fourth-order valence-corrected chi connectivity index (χ4v) is 4.85. The van der Waals surface area contributed by atoms with Crippen LogP contribution in [0.4, 0.5) is 0 Å². The predicted molar refractivity (Wildman–Crippen MR) is 174 cm³/mol. The van der Waals surface area contributed by atoms with Gasteiger partial charge in [0.05, 0.1) is 13.2 Å². The van der Waals surface area contributed by atoms with Crippen molar-refractivity contribution < 1.29 is 37.9 Å². The van der Waals surface area contributed by atoms with E-state index >= 15 is 0 Å². The summed E-state index contributed by atoms with van der Waals surface area (Å²) < 4.78 is 26.6. The third-order valence-electron chi connectivity index (χ3n) is 6.58. The Hall–Kier alpha value is -1.77. The quantitative estimate of drug-likeness (QED) is 0.0317. The van der Waals surface area contributed by atoms with Crippen LogP contribution in [0.3, 0.4) is 0 Å². The Balaban J connectivity index is 3.71. The van der Waals surface area contributed by atoms with Gasteiger partial charge in [-0.2, -0.15) is 0 Å². The molecule has 0 fully saturated rings. The SMILES string of the molecule is CC/C=C\C/C=C\C/C=C\CCCCCC(=O)OCC(O)COP(=O)(O)OCCNC(=O)CCCCCCCCCCC. The van der Waals surface area contributed by atoms with Crippen molar-refractivity contribution in [3.8, 4) is 0 Å². The van der Waals surface area contributed by atoms with Crippen LogP contribution in [0.1, 0.15) is 129 Å². The average Bonchev–Trinajstić information content (AvgIpc) is 2.98. The first-order valence-electron chi connectivity index (χ1n) is 16.5. The number of aliphatic hydroxyl groups is 1. The van der Waals surface area contributed by atoms with Gasteiger partial charge in [0.1, 0.15) is 12.7 Å². The summed E-state index contributed by atoms with van der Waals surface area (Å²) in [5.41, 5.74) is 0. The number of ether oxygens (including phenoxy) is 1. The number of nitrogens with one attached hydrogen (secondary N) is 1. The third kappa shape index (κ3) is 31.5. The average molecular weight is 630 g/mol. The number of hydrogen-bond acceptors (Lipinski definition) is 7. The normalized spacial score (nSPS) is 14.0. The fourth-order valence-electron chi connectivity index (χ4n) is 4.10. The lowest BCUT2D eigenvalue weighted by Crippen LogP contribution is -2.27. The Labute approximate surface area is 261 Å². The number of aliphatic hydroxyl groups excluding tert-OH is 1. The van der Waals surface area contributed by atoms with Crippen molar-refractivity contribution in [2.45, 2.75) is 136 Å². The summed E-state index contributed by atoms with van der Waals surface area (Å²) in [4.78, 5) is 33.5. The van der Waals surface area contributed by atoms with Gasteiger partial charge >= 0.3 is 13.8 Å². The van der Waals surface area contributed by atoms with Crippen LogP contribution < -0.4 is 5.32 Å². The standard InChI is InChI=1S/C33H60NO8P/c1-3-5-7-9-11-13-14-15-16-18-20-22-24-26-33(37)40-29-31(35)30-42-43(38,39)41-28-27-34-32(36)25-23-21-19-17-12-10-8-6-4-2/h5,7,11,13,15-16,31,35H,3-4,6,8-10,12,14,17-30H2,1-2H3,(H,34,36)(H,38,39)/b7-5-,13-11-,16-15-. The van der Waals surface area contributed by atoms with Crippen molar-refractivity contribution in [2.75, 3.05) is 26.4 Å². The third-order valence-corrected chi connectivity index (χ3v) is 7.57. The molecule has 250 valence electrons. The molecule has 0 aliphatic carbocycles. The molecule has 0 aromatic rings. The molecule has 0 saturated heterocycles. The number of unbranched alkanes of at least 4 members (excludes halogenated alkanes) is 11. The maximum Gasteiger partial charge on any atom is 0.472 e. The molecule has 0 radical (unpaired) electrons. The lowest BCUT2D eigenvalue weighted by atomic mass is 10.1. The molecule has 0 aliphatic rings. The van der Waals surface area contributed by atoms with Gasteiger partial charge in [-0.3, -0.25) is 18.6 Å². The molecule has 43 heavy (non-hydrogen) atoms. The van der Waals surface area contributed by atoms with Crippen molar-refractivity contribution in [1.29, 1.82) is 0 Å². The first kappa shape index (κ1) is 41.2. The number of phosphoric acid groups is 1. The van der Waals surface area contributed by atoms with E-state index in [0.717, 1.165) is 57.8 Å². The minimum Gasteiger partial charge on any atom is -0.463 e. The zero-order valence-corrected chi connectivity index (χ0v) is 27.8. The van der Waals surface area contributed by atoms with Gasteiger partial charge in [-0.15, -0.1) is 0 Å². The molecule has 2 unspecified atom stereocenters. The molecule has 9 nitrogen and oxygen atoms in total.